The van der Waals surface area contributed by atoms with Crippen molar-refractivity contribution in [2.45, 2.75) is 34.6 Å². The highest BCUT2D eigenvalue weighted by Crippen LogP contribution is 2.36. The van der Waals surface area contributed by atoms with Gasteiger partial charge in [0.1, 0.15) is 5.70 Å². The third-order valence-corrected chi connectivity index (χ3v) is 5.76. The van der Waals surface area contributed by atoms with Crippen LogP contribution < -0.4 is 10.2 Å². The largest absolute Gasteiger partial charge is 0.350 e. The lowest BCUT2D eigenvalue weighted by molar-refractivity contribution is -0.120. The van der Waals surface area contributed by atoms with Crippen molar-refractivity contribution in [1.82, 2.24) is 0 Å². The zero-order valence-corrected chi connectivity index (χ0v) is 18.5. The Morgan fingerprint density at radius 3 is 2.10 bits per heavy atom. The number of nitrogens with one attached hydrogen (secondary N) is 1. The molecule has 0 fully saturated rings. The smallest absolute Gasteiger partial charge is 0.282 e. The van der Waals surface area contributed by atoms with Crippen molar-refractivity contribution < 1.29 is 9.59 Å². The number of nitrogens with zero attached hydrogens (tertiary/aromatic N) is 1. The van der Waals surface area contributed by atoms with Gasteiger partial charge in [0.15, 0.2) is 0 Å². The molecule has 1 N–H and O–H groups in total. The minimum atomic E-state index is -0.341. The maximum absolute atomic E-state index is 13.6. The van der Waals surface area contributed by atoms with E-state index in [-0.39, 0.29) is 11.8 Å². The predicted octanol–water partition coefficient (Wildman–Crippen LogP) is 5.63. The summed E-state index contributed by atoms with van der Waals surface area (Å²) in [5, 5.41) is 3.24. The molecule has 1 heterocycles. The third kappa shape index (κ3) is 3.77. The molecule has 0 radical (unpaired) electrons. The van der Waals surface area contributed by atoms with Crippen molar-refractivity contribution in [3.05, 3.63) is 99.7 Å². The lowest BCUT2D eigenvalue weighted by Crippen LogP contribution is -2.33. The number of rotatable bonds is 4. The highest BCUT2D eigenvalue weighted by atomic mass is 16.2. The number of carbonyl (C=O) groups excluding carboxylic acids is 2. The average Bonchev–Trinajstić information content (AvgIpc) is 2.94. The molecule has 0 aliphatic carbocycles. The molecule has 3 aromatic rings. The first-order valence-corrected chi connectivity index (χ1v) is 10.4. The zero-order valence-electron chi connectivity index (χ0n) is 18.5. The number of amides is 2. The summed E-state index contributed by atoms with van der Waals surface area (Å²) in [4.78, 5) is 28.5. The number of imide groups is 1. The fourth-order valence-corrected chi connectivity index (χ4v) is 3.95. The van der Waals surface area contributed by atoms with Crippen LogP contribution in [0, 0.1) is 34.6 Å². The minimum Gasteiger partial charge on any atom is -0.350 e. The highest BCUT2D eigenvalue weighted by Gasteiger charge is 2.40. The first-order chi connectivity index (χ1) is 14.8. The predicted molar refractivity (Wildman–Crippen MR) is 126 cm³/mol. The molecular weight excluding hydrogens is 384 g/mol. The lowest BCUT2D eigenvalue weighted by atomic mass is 9.99. The van der Waals surface area contributed by atoms with E-state index < -0.39 is 0 Å². The van der Waals surface area contributed by atoms with Gasteiger partial charge in [0.05, 0.1) is 11.3 Å². The van der Waals surface area contributed by atoms with Gasteiger partial charge < -0.3 is 5.32 Å². The van der Waals surface area contributed by atoms with Gasteiger partial charge in [-0.1, -0.05) is 48.0 Å². The van der Waals surface area contributed by atoms with Gasteiger partial charge in [-0.25, -0.2) is 4.90 Å². The zero-order chi connectivity index (χ0) is 22.3. The average molecular weight is 411 g/mol. The van der Waals surface area contributed by atoms with E-state index in [0.717, 1.165) is 39.1 Å². The molecule has 1 aliphatic heterocycles. The van der Waals surface area contributed by atoms with Crippen LogP contribution in [0.2, 0.25) is 0 Å². The van der Waals surface area contributed by atoms with Gasteiger partial charge in [0.2, 0.25) is 0 Å². The Hall–Kier alpha value is -3.66. The first-order valence-electron chi connectivity index (χ1n) is 10.4. The summed E-state index contributed by atoms with van der Waals surface area (Å²) >= 11 is 0. The second-order valence-corrected chi connectivity index (χ2v) is 8.28. The van der Waals surface area contributed by atoms with Crippen LogP contribution in [0.4, 0.5) is 11.4 Å². The monoisotopic (exact) mass is 410 g/mol. The van der Waals surface area contributed by atoms with Crippen LogP contribution in [0.3, 0.4) is 0 Å². The van der Waals surface area contributed by atoms with Crippen LogP contribution in [0.25, 0.3) is 5.57 Å². The topological polar surface area (TPSA) is 49.4 Å². The van der Waals surface area contributed by atoms with Crippen LogP contribution in [0.1, 0.15) is 33.4 Å². The van der Waals surface area contributed by atoms with E-state index >= 15 is 0 Å². The van der Waals surface area contributed by atoms with Crippen molar-refractivity contribution in [1.29, 1.82) is 0 Å². The Kier molecular flexibility index (Phi) is 5.24. The molecule has 4 rings (SSSR count). The van der Waals surface area contributed by atoms with E-state index in [0.29, 0.717) is 17.0 Å². The summed E-state index contributed by atoms with van der Waals surface area (Å²) in [6, 6.07) is 19.4. The fourth-order valence-electron chi connectivity index (χ4n) is 3.95. The van der Waals surface area contributed by atoms with Crippen LogP contribution in [-0.2, 0) is 9.59 Å². The van der Waals surface area contributed by atoms with E-state index in [9.17, 15) is 9.59 Å². The summed E-state index contributed by atoms with van der Waals surface area (Å²) in [5.74, 6) is -0.651. The van der Waals surface area contributed by atoms with Crippen molar-refractivity contribution in [2.24, 2.45) is 0 Å². The second-order valence-electron chi connectivity index (χ2n) is 8.28. The van der Waals surface area contributed by atoms with E-state index in [2.05, 4.69) is 5.32 Å². The number of aryl methyl sites for hydroxylation is 5. The molecule has 31 heavy (non-hydrogen) atoms. The van der Waals surface area contributed by atoms with Gasteiger partial charge in [0, 0.05) is 5.69 Å². The van der Waals surface area contributed by atoms with E-state index in [4.69, 9.17) is 0 Å². The number of hydrogen-bond acceptors (Lipinski definition) is 3. The van der Waals surface area contributed by atoms with Crippen LogP contribution in [0.15, 0.2) is 66.4 Å². The second kappa shape index (κ2) is 7.88. The molecule has 0 saturated carbocycles. The number of hydrogen-bond donors (Lipinski definition) is 1. The van der Waals surface area contributed by atoms with E-state index in [1.807, 2.05) is 95.3 Å². The Balaban J connectivity index is 1.87. The van der Waals surface area contributed by atoms with Gasteiger partial charge in [-0.3, -0.25) is 9.59 Å². The third-order valence-electron chi connectivity index (χ3n) is 5.76. The molecule has 0 atom stereocenters. The molecule has 0 saturated heterocycles. The van der Waals surface area contributed by atoms with E-state index in [1.54, 1.807) is 0 Å². The van der Waals surface area contributed by atoms with Crippen molar-refractivity contribution in [2.75, 3.05) is 10.2 Å². The van der Waals surface area contributed by atoms with Crippen molar-refractivity contribution in [3.8, 4) is 0 Å². The molecule has 2 amide bonds. The number of benzene rings is 3. The summed E-state index contributed by atoms with van der Waals surface area (Å²) in [6.07, 6.45) is 0. The van der Waals surface area contributed by atoms with Crippen LogP contribution in [-0.4, -0.2) is 11.8 Å². The highest BCUT2D eigenvalue weighted by molar-refractivity contribution is 6.46. The first kappa shape index (κ1) is 20.6. The standard InChI is InChI=1S/C27H26N2O2/c1-16-7-6-8-22(14-16)28-25-24(21-11-10-18(3)19(4)15-21)26(30)29(27(25)31)23-12-9-17(2)13-20(23)5/h6-15,28H,1-5H3. The summed E-state index contributed by atoms with van der Waals surface area (Å²) < 4.78 is 0. The molecule has 4 nitrogen and oxygen atoms in total. The number of anilines is 2. The molecule has 3 aromatic carbocycles. The van der Waals surface area contributed by atoms with Gasteiger partial charge in [-0.05, 0) is 80.6 Å². The molecule has 1 aliphatic rings. The number of carbonyl (C=O) groups is 2. The maximum Gasteiger partial charge on any atom is 0.282 e. The van der Waals surface area contributed by atoms with Gasteiger partial charge >= 0.3 is 0 Å². The summed E-state index contributed by atoms with van der Waals surface area (Å²) in [5.41, 5.74) is 8.09. The van der Waals surface area contributed by atoms with Crippen molar-refractivity contribution in [3.63, 3.8) is 0 Å². The molecular formula is C27H26N2O2. The quantitative estimate of drug-likeness (QED) is 0.568. The normalized spacial score (nSPS) is 13.9. The molecule has 0 unspecified atom stereocenters. The Morgan fingerprint density at radius 2 is 1.42 bits per heavy atom. The van der Waals surface area contributed by atoms with E-state index in [1.165, 1.54) is 4.90 Å². The minimum absolute atomic E-state index is 0.304. The Morgan fingerprint density at radius 1 is 0.677 bits per heavy atom. The van der Waals surface area contributed by atoms with Gasteiger partial charge in [-0.15, -0.1) is 0 Å². The Bertz CT molecular complexity index is 1250. The molecule has 156 valence electrons. The lowest BCUT2D eigenvalue weighted by Gasteiger charge is -2.18. The van der Waals surface area contributed by atoms with Crippen molar-refractivity contribution >= 4 is 28.8 Å². The molecule has 0 aromatic heterocycles. The fraction of sp³-hybridized carbons (Fsp3) is 0.185. The summed E-state index contributed by atoms with van der Waals surface area (Å²) in [6.45, 7) is 9.95. The molecule has 4 heteroatoms. The van der Waals surface area contributed by atoms with Gasteiger partial charge in [-0.2, -0.15) is 0 Å². The van der Waals surface area contributed by atoms with Crippen LogP contribution >= 0.6 is 0 Å². The molecule has 0 spiro atoms. The van der Waals surface area contributed by atoms with Gasteiger partial charge in [0.25, 0.3) is 11.8 Å². The molecule has 0 bridgehead atoms. The maximum atomic E-state index is 13.6. The summed E-state index contributed by atoms with van der Waals surface area (Å²) in [7, 11) is 0. The Labute approximate surface area is 183 Å². The SMILES string of the molecule is Cc1cccc(NC2=C(c3ccc(C)c(C)c3)C(=O)N(c3ccc(C)cc3C)C2=O)c1. The van der Waals surface area contributed by atoms with Crippen LogP contribution in [0.5, 0.6) is 0 Å².